The third-order valence-corrected chi connectivity index (χ3v) is 3.04. The normalized spacial score (nSPS) is 30.7. The zero-order valence-corrected chi connectivity index (χ0v) is 8.92. The SMILES string of the molecule is CC(CO)CNCC1CCC(C)C1. The molecule has 1 saturated carbocycles. The summed E-state index contributed by atoms with van der Waals surface area (Å²) in [4.78, 5) is 0. The van der Waals surface area contributed by atoms with E-state index in [4.69, 9.17) is 5.11 Å². The Morgan fingerprint density at radius 2 is 2.23 bits per heavy atom. The first kappa shape index (κ1) is 11.0. The average Bonchev–Trinajstić information content (AvgIpc) is 2.51. The van der Waals surface area contributed by atoms with Crippen molar-refractivity contribution in [1.82, 2.24) is 5.32 Å². The monoisotopic (exact) mass is 185 g/mol. The molecule has 0 aromatic rings. The lowest BCUT2D eigenvalue weighted by Crippen LogP contribution is -2.27. The molecule has 78 valence electrons. The smallest absolute Gasteiger partial charge is 0.0468 e. The first-order valence-electron chi connectivity index (χ1n) is 5.54. The van der Waals surface area contributed by atoms with E-state index in [9.17, 15) is 0 Å². The fraction of sp³-hybridized carbons (Fsp3) is 1.00. The number of nitrogens with one attached hydrogen (secondary N) is 1. The maximum atomic E-state index is 8.83. The van der Waals surface area contributed by atoms with E-state index >= 15 is 0 Å². The van der Waals surface area contributed by atoms with E-state index in [0.29, 0.717) is 12.5 Å². The molecular weight excluding hydrogens is 162 g/mol. The van der Waals surface area contributed by atoms with Crippen molar-refractivity contribution in [2.24, 2.45) is 17.8 Å². The van der Waals surface area contributed by atoms with Crippen LogP contribution in [0.1, 0.15) is 33.1 Å². The highest BCUT2D eigenvalue weighted by Crippen LogP contribution is 2.29. The van der Waals surface area contributed by atoms with E-state index in [1.54, 1.807) is 0 Å². The molecular formula is C11H23NO. The van der Waals surface area contributed by atoms with Crippen molar-refractivity contribution >= 4 is 0 Å². The van der Waals surface area contributed by atoms with Crippen LogP contribution in [0.15, 0.2) is 0 Å². The van der Waals surface area contributed by atoms with Crippen molar-refractivity contribution in [1.29, 1.82) is 0 Å². The van der Waals surface area contributed by atoms with Gasteiger partial charge in [-0.25, -0.2) is 0 Å². The predicted molar refractivity (Wildman–Crippen MR) is 55.6 cm³/mol. The molecule has 0 amide bonds. The Morgan fingerprint density at radius 1 is 1.46 bits per heavy atom. The maximum Gasteiger partial charge on any atom is 0.0468 e. The summed E-state index contributed by atoms with van der Waals surface area (Å²) in [5.74, 6) is 2.22. The van der Waals surface area contributed by atoms with Crippen LogP contribution in [0.25, 0.3) is 0 Å². The Morgan fingerprint density at radius 3 is 2.77 bits per heavy atom. The molecule has 2 nitrogen and oxygen atoms in total. The van der Waals surface area contributed by atoms with Crippen LogP contribution in [0.4, 0.5) is 0 Å². The second-order valence-electron chi connectivity index (χ2n) is 4.73. The molecule has 3 atom stereocenters. The fourth-order valence-corrected chi connectivity index (χ4v) is 2.11. The van der Waals surface area contributed by atoms with Crippen LogP contribution >= 0.6 is 0 Å². The lowest BCUT2D eigenvalue weighted by molar-refractivity contribution is 0.232. The minimum atomic E-state index is 0.300. The van der Waals surface area contributed by atoms with Crippen molar-refractivity contribution < 1.29 is 5.11 Å². The van der Waals surface area contributed by atoms with Gasteiger partial charge in [0.1, 0.15) is 0 Å². The van der Waals surface area contributed by atoms with Crippen molar-refractivity contribution in [3.8, 4) is 0 Å². The number of rotatable bonds is 5. The largest absolute Gasteiger partial charge is 0.396 e. The highest BCUT2D eigenvalue weighted by atomic mass is 16.3. The van der Waals surface area contributed by atoms with Gasteiger partial charge in [0.05, 0.1) is 0 Å². The van der Waals surface area contributed by atoms with Crippen LogP contribution in [0.3, 0.4) is 0 Å². The van der Waals surface area contributed by atoms with Gasteiger partial charge in [-0.3, -0.25) is 0 Å². The van der Waals surface area contributed by atoms with Gasteiger partial charge in [-0.05, 0) is 43.7 Å². The van der Waals surface area contributed by atoms with Gasteiger partial charge in [-0.15, -0.1) is 0 Å². The molecule has 0 aromatic heterocycles. The summed E-state index contributed by atoms with van der Waals surface area (Å²) in [7, 11) is 0. The third-order valence-electron chi connectivity index (χ3n) is 3.04. The maximum absolute atomic E-state index is 8.83. The summed E-state index contributed by atoms with van der Waals surface area (Å²) in [5.41, 5.74) is 0. The molecule has 0 heterocycles. The Hall–Kier alpha value is -0.0800. The Bertz CT molecular complexity index is 138. The Kier molecular flexibility index (Phi) is 4.74. The van der Waals surface area contributed by atoms with Crippen LogP contribution in [-0.2, 0) is 0 Å². The summed E-state index contributed by atoms with van der Waals surface area (Å²) in [6, 6.07) is 0. The van der Waals surface area contributed by atoms with Crippen molar-refractivity contribution in [3.63, 3.8) is 0 Å². The summed E-state index contributed by atoms with van der Waals surface area (Å²) in [5, 5.41) is 12.3. The van der Waals surface area contributed by atoms with Gasteiger partial charge < -0.3 is 10.4 Å². The molecule has 0 aromatic carbocycles. The van der Waals surface area contributed by atoms with Gasteiger partial charge >= 0.3 is 0 Å². The zero-order valence-electron chi connectivity index (χ0n) is 8.92. The zero-order chi connectivity index (χ0) is 9.68. The second kappa shape index (κ2) is 5.61. The lowest BCUT2D eigenvalue weighted by Gasteiger charge is -2.13. The molecule has 0 spiro atoms. The topological polar surface area (TPSA) is 32.3 Å². The molecule has 0 bridgehead atoms. The van der Waals surface area contributed by atoms with Gasteiger partial charge in [0.15, 0.2) is 0 Å². The van der Waals surface area contributed by atoms with E-state index < -0.39 is 0 Å². The molecule has 1 aliphatic carbocycles. The first-order chi connectivity index (χ1) is 6.22. The quantitative estimate of drug-likeness (QED) is 0.682. The van der Waals surface area contributed by atoms with E-state index in [0.717, 1.165) is 24.9 Å². The summed E-state index contributed by atoms with van der Waals surface area (Å²) in [6.45, 7) is 6.82. The molecule has 1 fully saturated rings. The second-order valence-corrected chi connectivity index (χ2v) is 4.73. The van der Waals surface area contributed by atoms with Crippen LogP contribution in [0.2, 0.25) is 0 Å². The standard InChI is InChI=1S/C11H23NO/c1-9-3-4-11(5-9)7-12-6-10(2)8-13/h9-13H,3-8H2,1-2H3. The summed E-state index contributed by atoms with van der Waals surface area (Å²) < 4.78 is 0. The van der Waals surface area contributed by atoms with Crippen LogP contribution in [-0.4, -0.2) is 24.8 Å². The van der Waals surface area contributed by atoms with Crippen LogP contribution in [0, 0.1) is 17.8 Å². The molecule has 1 rings (SSSR count). The Balaban J connectivity index is 2.00. The van der Waals surface area contributed by atoms with Crippen molar-refractivity contribution in [3.05, 3.63) is 0 Å². The van der Waals surface area contributed by atoms with Gasteiger partial charge in [0.25, 0.3) is 0 Å². The van der Waals surface area contributed by atoms with Crippen LogP contribution < -0.4 is 5.32 Å². The fourth-order valence-electron chi connectivity index (χ4n) is 2.11. The number of aliphatic hydroxyl groups excluding tert-OH is 1. The summed E-state index contributed by atoms with van der Waals surface area (Å²) >= 11 is 0. The van der Waals surface area contributed by atoms with Gasteiger partial charge in [-0.1, -0.05) is 20.3 Å². The van der Waals surface area contributed by atoms with Gasteiger partial charge in [0, 0.05) is 6.61 Å². The predicted octanol–water partition coefficient (Wildman–Crippen LogP) is 1.64. The molecule has 2 N–H and O–H groups in total. The third kappa shape index (κ3) is 4.10. The number of hydrogen-bond donors (Lipinski definition) is 2. The molecule has 0 radical (unpaired) electrons. The molecule has 13 heavy (non-hydrogen) atoms. The van der Waals surface area contributed by atoms with Crippen molar-refractivity contribution in [2.45, 2.75) is 33.1 Å². The highest BCUT2D eigenvalue weighted by molar-refractivity contribution is 4.74. The van der Waals surface area contributed by atoms with Crippen LogP contribution in [0.5, 0.6) is 0 Å². The number of hydrogen-bond acceptors (Lipinski definition) is 2. The van der Waals surface area contributed by atoms with E-state index in [1.165, 1.54) is 19.3 Å². The average molecular weight is 185 g/mol. The van der Waals surface area contributed by atoms with E-state index in [1.807, 2.05) is 0 Å². The molecule has 0 saturated heterocycles. The minimum Gasteiger partial charge on any atom is -0.396 e. The molecule has 1 aliphatic rings. The molecule has 2 heteroatoms. The number of aliphatic hydroxyl groups is 1. The first-order valence-corrected chi connectivity index (χ1v) is 5.54. The molecule has 3 unspecified atom stereocenters. The highest BCUT2D eigenvalue weighted by Gasteiger charge is 2.20. The minimum absolute atomic E-state index is 0.300. The van der Waals surface area contributed by atoms with E-state index in [-0.39, 0.29) is 0 Å². The van der Waals surface area contributed by atoms with Gasteiger partial charge in [-0.2, -0.15) is 0 Å². The van der Waals surface area contributed by atoms with Crippen molar-refractivity contribution in [2.75, 3.05) is 19.7 Å². The van der Waals surface area contributed by atoms with E-state index in [2.05, 4.69) is 19.2 Å². The Labute approximate surface area is 81.7 Å². The van der Waals surface area contributed by atoms with Gasteiger partial charge in [0.2, 0.25) is 0 Å². The lowest BCUT2D eigenvalue weighted by atomic mass is 10.1. The summed E-state index contributed by atoms with van der Waals surface area (Å²) in [6.07, 6.45) is 4.18. The molecule has 0 aliphatic heterocycles.